The van der Waals surface area contributed by atoms with Crippen LogP contribution in [0, 0.1) is 0 Å². The zero-order chi connectivity index (χ0) is 15.1. The Balaban J connectivity index is 1.92. The normalized spacial score (nSPS) is 10.5. The first kappa shape index (κ1) is 14.5. The van der Waals surface area contributed by atoms with Crippen molar-refractivity contribution in [2.24, 2.45) is 0 Å². The van der Waals surface area contributed by atoms with Gasteiger partial charge in [0.1, 0.15) is 0 Å². The fourth-order valence-corrected chi connectivity index (χ4v) is 1.79. The minimum Gasteiger partial charge on any atom is -0.478 e. The lowest BCUT2D eigenvalue weighted by Gasteiger charge is -2.05. The number of carbonyl (C=O) groups excluding carboxylic acids is 1. The van der Waals surface area contributed by atoms with Gasteiger partial charge in [-0.2, -0.15) is 0 Å². The molecule has 0 aliphatic carbocycles. The molecule has 0 saturated carbocycles. The van der Waals surface area contributed by atoms with Crippen LogP contribution in [0.2, 0.25) is 0 Å². The average Bonchev–Trinajstić information content (AvgIpc) is 2.52. The number of hydrogen-bond acceptors (Lipinski definition) is 2. The van der Waals surface area contributed by atoms with Gasteiger partial charge in [-0.3, -0.25) is 4.79 Å². The Morgan fingerprint density at radius 1 is 1.00 bits per heavy atom. The third kappa shape index (κ3) is 4.62. The van der Waals surface area contributed by atoms with Crippen molar-refractivity contribution < 1.29 is 14.7 Å². The smallest absolute Gasteiger partial charge is 0.328 e. The summed E-state index contributed by atoms with van der Waals surface area (Å²) in [6.45, 7) is 0.427. The van der Waals surface area contributed by atoms with E-state index >= 15 is 0 Å². The van der Waals surface area contributed by atoms with E-state index in [1.807, 2.05) is 42.5 Å². The number of aliphatic carboxylic acids is 1. The predicted octanol–water partition coefficient (Wildman–Crippen LogP) is 2.71. The second kappa shape index (κ2) is 7.05. The Morgan fingerprint density at radius 2 is 1.67 bits per heavy atom. The van der Waals surface area contributed by atoms with E-state index in [4.69, 9.17) is 5.11 Å². The monoisotopic (exact) mass is 281 g/mol. The van der Waals surface area contributed by atoms with Gasteiger partial charge in [0.2, 0.25) is 0 Å². The van der Waals surface area contributed by atoms with Crippen molar-refractivity contribution in [3.63, 3.8) is 0 Å². The Bertz CT molecular complexity index is 645. The van der Waals surface area contributed by atoms with Crippen LogP contribution in [0.5, 0.6) is 0 Å². The molecule has 2 aromatic carbocycles. The van der Waals surface area contributed by atoms with E-state index < -0.39 is 5.97 Å². The Hall–Kier alpha value is -2.88. The molecule has 0 fully saturated rings. The summed E-state index contributed by atoms with van der Waals surface area (Å²) in [5.74, 6) is -1.10. The molecule has 0 atom stereocenters. The molecule has 2 aromatic rings. The van der Waals surface area contributed by atoms with Crippen LogP contribution < -0.4 is 5.32 Å². The lowest BCUT2D eigenvalue weighted by Crippen LogP contribution is -2.22. The number of carboxylic acid groups (broad SMARTS) is 1. The van der Waals surface area contributed by atoms with Crippen LogP contribution in [-0.4, -0.2) is 17.0 Å². The molecule has 1 amide bonds. The molecule has 0 unspecified atom stereocenters. The van der Waals surface area contributed by atoms with Gasteiger partial charge in [0, 0.05) is 18.2 Å². The van der Waals surface area contributed by atoms with Crippen LogP contribution in [0.4, 0.5) is 0 Å². The highest BCUT2D eigenvalue weighted by atomic mass is 16.4. The zero-order valence-electron chi connectivity index (χ0n) is 11.3. The van der Waals surface area contributed by atoms with Crippen LogP contribution in [0.1, 0.15) is 21.5 Å². The SMILES string of the molecule is O=C(O)C=Cc1ccc(CNC(=O)c2ccccc2)cc1. The minimum absolute atomic E-state index is 0.120. The molecule has 0 radical (unpaired) electrons. The van der Waals surface area contributed by atoms with Crippen LogP contribution in [0.3, 0.4) is 0 Å². The van der Waals surface area contributed by atoms with Crippen LogP contribution >= 0.6 is 0 Å². The number of benzene rings is 2. The fraction of sp³-hybridized carbons (Fsp3) is 0.0588. The first-order valence-corrected chi connectivity index (χ1v) is 6.48. The first-order chi connectivity index (χ1) is 10.1. The summed E-state index contributed by atoms with van der Waals surface area (Å²) in [7, 11) is 0. The second-order valence-corrected chi connectivity index (χ2v) is 4.46. The molecule has 0 aliphatic rings. The summed E-state index contributed by atoms with van der Waals surface area (Å²) >= 11 is 0. The third-order valence-corrected chi connectivity index (χ3v) is 2.89. The van der Waals surface area contributed by atoms with E-state index in [1.165, 1.54) is 6.08 Å². The molecule has 2 rings (SSSR count). The van der Waals surface area contributed by atoms with Gasteiger partial charge in [-0.1, -0.05) is 42.5 Å². The van der Waals surface area contributed by atoms with Crippen molar-refractivity contribution in [1.82, 2.24) is 5.32 Å². The largest absolute Gasteiger partial charge is 0.478 e. The molecule has 0 aliphatic heterocycles. The van der Waals surface area contributed by atoms with Crippen molar-refractivity contribution in [2.75, 3.05) is 0 Å². The maximum atomic E-state index is 11.9. The maximum Gasteiger partial charge on any atom is 0.328 e. The number of rotatable bonds is 5. The van der Waals surface area contributed by atoms with Crippen LogP contribution in [0.25, 0.3) is 6.08 Å². The van der Waals surface area contributed by atoms with Gasteiger partial charge >= 0.3 is 5.97 Å². The molecule has 21 heavy (non-hydrogen) atoms. The summed E-state index contributed by atoms with van der Waals surface area (Å²) in [6, 6.07) is 16.3. The second-order valence-electron chi connectivity index (χ2n) is 4.46. The summed E-state index contributed by atoms with van der Waals surface area (Å²) < 4.78 is 0. The highest BCUT2D eigenvalue weighted by Crippen LogP contribution is 2.07. The molecule has 4 nitrogen and oxygen atoms in total. The maximum absolute atomic E-state index is 11.9. The van der Waals surface area contributed by atoms with E-state index in [0.717, 1.165) is 17.2 Å². The number of carbonyl (C=O) groups is 2. The fourth-order valence-electron chi connectivity index (χ4n) is 1.79. The van der Waals surface area contributed by atoms with Crippen molar-refractivity contribution in [3.05, 3.63) is 77.4 Å². The topological polar surface area (TPSA) is 66.4 Å². The Kier molecular flexibility index (Phi) is 4.88. The van der Waals surface area contributed by atoms with Crippen molar-refractivity contribution in [1.29, 1.82) is 0 Å². The lowest BCUT2D eigenvalue weighted by atomic mass is 10.1. The minimum atomic E-state index is -0.978. The van der Waals surface area contributed by atoms with Gasteiger partial charge < -0.3 is 10.4 Å². The third-order valence-electron chi connectivity index (χ3n) is 2.89. The van der Waals surface area contributed by atoms with Crippen LogP contribution in [0.15, 0.2) is 60.7 Å². The van der Waals surface area contributed by atoms with Gasteiger partial charge in [0.25, 0.3) is 5.91 Å². The van der Waals surface area contributed by atoms with Crippen molar-refractivity contribution in [3.8, 4) is 0 Å². The van der Waals surface area contributed by atoms with Gasteiger partial charge in [-0.25, -0.2) is 4.79 Å². The summed E-state index contributed by atoms with van der Waals surface area (Å²) in [5, 5.41) is 11.4. The van der Waals surface area contributed by atoms with E-state index in [2.05, 4.69) is 5.32 Å². The molecule has 0 spiro atoms. The summed E-state index contributed by atoms with van der Waals surface area (Å²) in [6.07, 6.45) is 2.61. The van der Waals surface area contributed by atoms with E-state index in [9.17, 15) is 9.59 Å². The highest BCUT2D eigenvalue weighted by molar-refractivity contribution is 5.94. The number of nitrogens with one attached hydrogen (secondary N) is 1. The summed E-state index contributed by atoms with van der Waals surface area (Å²) in [4.78, 5) is 22.3. The molecule has 0 aromatic heterocycles. The summed E-state index contributed by atoms with van der Waals surface area (Å²) in [5.41, 5.74) is 2.38. The molecule has 0 heterocycles. The van der Waals surface area contributed by atoms with Crippen LogP contribution in [-0.2, 0) is 11.3 Å². The first-order valence-electron chi connectivity index (χ1n) is 6.48. The van der Waals surface area contributed by atoms with Crippen molar-refractivity contribution in [2.45, 2.75) is 6.54 Å². The molecule has 106 valence electrons. The Morgan fingerprint density at radius 3 is 2.29 bits per heavy atom. The van der Waals surface area contributed by atoms with Gasteiger partial charge in [-0.15, -0.1) is 0 Å². The molecule has 2 N–H and O–H groups in total. The predicted molar refractivity (Wildman–Crippen MR) is 80.7 cm³/mol. The van der Waals surface area contributed by atoms with Gasteiger partial charge in [-0.05, 0) is 29.3 Å². The number of carboxylic acids is 1. The van der Waals surface area contributed by atoms with E-state index in [1.54, 1.807) is 12.1 Å². The lowest BCUT2D eigenvalue weighted by molar-refractivity contribution is -0.131. The molecule has 4 heteroatoms. The molecule has 0 bridgehead atoms. The molecular weight excluding hydrogens is 266 g/mol. The molecule has 0 saturated heterocycles. The van der Waals surface area contributed by atoms with Crippen molar-refractivity contribution >= 4 is 18.0 Å². The molecular formula is C17H15NO3. The van der Waals surface area contributed by atoms with E-state index in [-0.39, 0.29) is 5.91 Å². The quantitative estimate of drug-likeness (QED) is 0.828. The van der Waals surface area contributed by atoms with E-state index in [0.29, 0.717) is 12.1 Å². The van der Waals surface area contributed by atoms with Gasteiger partial charge in [0.05, 0.1) is 0 Å². The standard InChI is InChI=1S/C17H15NO3/c19-16(20)11-10-13-6-8-14(9-7-13)12-18-17(21)15-4-2-1-3-5-15/h1-11H,12H2,(H,18,21)(H,19,20). The zero-order valence-corrected chi connectivity index (χ0v) is 11.3. The number of hydrogen-bond donors (Lipinski definition) is 2. The Labute approximate surface area is 122 Å². The highest BCUT2D eigenvalue weighted by Gasteiger charge is 2.03. The average molecular weight is 281 g/mol. The number of amides is 1. The van der Waals surface area contributed by atoms with Gasteiger partial charge in [0.15, 0.2) is 0 Å².